The van der Waals surface area contributed by atoms with Gasteiger partial charge in [0.05, 0.1) is 5.41 Å². The van der Waals surface area contributed by atoms with Gasteiger partial charge in [0.1, 0.15) is 6.61 Å². The normalized spacial score (nSPS) is 27.6. The fraction of sp³-hybridized carbons (Fsp3) is 0.692. The van der Waals surface area contributed by atoms with Crippen LogP contribution in [0.25, 0.3) is 0 Å². The molecule has 0 aliphatic heterocycles. The number of allylic oxidation sites excluding steroid dienone is 1. The average Bonchev–Trinajstić information content (AvgIpc) is 2.73. The van der Waals surface area contributed by atoms with Gasteiger partial charge in [0.15, 0.2) is 5.78 Å². The summed E-state index contributed by atoms with van der Waals surface area (Å²) in [5, 5.41) is 0. The van der Waals surface area contributed by atoms with Crippen molar-refractivity contribution < 1.29 is 14.3 Å². The van der Waals surface area contributed by atoms with Crippen LogP contribution in [-0.2, 0) is 14.3 Å². The van der Waals surface area contributed by atoms with Gasteiger partial charge in [0, 0.05) is 12.2 Å². The highest BCUT2D eigenvalue weighted by molar-refractivity contribution is 7.98. The van der Waals surface area contributed by atoms with Crippen molar-refractivity contribution >= 4 is 23.5 Å². The Morgan fingerprint density at radius 1 is 1.47 bits per heavy atom. The topological polar surface area (TPSA) is 43.4 Å². The monoisotopic (exact) mass is 254 g/mol. The molecule has 3 nitrogen and oxygen atoms in total. The van der Waals surface area contributed by atoms with E-state index in [1.165, 1.54) is 0 Å². The summed E-state index contributed by atoms with van der Waals surface area (Å²) < 4.78 is 5.35. The van der Waals surface area contributed by atoms with Gasteiger partial charge in [-0.25, -0.2) is 0 Å². The Morgan fingerprint density at radius 2 is 2.29 bits per heavy atom. The molecular weight excluding hydrogens is 236 g/mol. The zero-order valence-electron chi connectivity index (χ0n) is 10.2. The number of carbonyl (C=O) groups excluding carboxylic acids is 2. The van der Waals surface area contributed by atoms with E-state index in [2.05, 4.69) is 0 Å². The van der Waals surface area contributed by atoms with E-state index in [-0.39, 0.29) is 11.8 Å². The van der Waals surface area contributed by atoms with Crippen LogP contribution in [0.5, 0.6) is 0 Å². The van der Waals surface area contributed by atoms with Crippen LogP contribution < -0.4 is 0 Å². The molecule has 0 spiro atoms. The molecular formula is C13H18O3S. The number of carbonyl (C=O) groups is 2. The molecule has 2 rings (SSSR count). The molecule has 1 unspecified atom stereocenters. The van der Waals surface area contributed by atoms with Crippen molar-refractivity contribution in [3.05, 3.63) is 11.6 Å². The van der Waals surface area contributed by atoms with Crippen LogP contribution in [0, 0.1) is 5.41 Å². The third kappa shape index (κ3) is 2.41. The van der Waals surface area contributed by atoms with E-state index in [9.17, 15) is 9.59 Å². The maximum absolute atomic E-state index is 12.2. The van der Waals surface area contributed by atoms with Gasteiger partial charge in [0.25, 0.3) is 0 Å². The SMILES string of the molecule is CSCCOC(=O)C12CCCC1=CC(=O)CC2. The second kappa shape index (κ2) is 5.25. The minimum atomic E-state index is -0.452. The van der Waals surface area contributed by atoms with Crippen LogP contribution >= 0.6 is 11.8 Å². The molecule has 0 amide bonds. The van der Waals surface area contributed by atoms with Crippen LogP contribution in [0.2, 0.25) is 0 Å². The summed E-state index contributed by atoms with van der Waals surface area (Å²) in [6.07, 6.45) is 7.54. The smallest absolute Gasteiger partial charge is 0.316 e. The van der Waals surface area contributed by atoms with Crippen LogP contribution in [0.4, 0.5) is 0 Å². The number of ketones is 1. The quantitative estimate of drug-likeness (QED) is 0.570. The average molecular weight is 254 g/mol. The molecule has 0 aromatic rings. The summed E-state index contributed by atoms with van der Waals surface area (Å²) in [7, 11) is 0. The first kappa shape index (κ1) is 12.7. The van der Waals surface area contributed by atoms with E-state index in [0.29, 0.717) is 19.4 Å². The van der Waals surface area contributed by atoms with Gasteiger partial charge in [-0.3, -0.25) is 9.59 Å². The third-order valence-corrected chi connectivity index (χ3v) is 4.28. The fourth-order valence-corrected chi connectivity index (χ4v) is 3.02. The van der Waals surface area contributed by atoms with Gasteiger partial charge < -0.3 is 4.74 Å². The lowest BCUT2D eigenvalue weighted by Crippen LogP contribution is -2.35. The molecule has 1 fully saturated rings. The molecule has 0 bridgehead atoms. The van der Waals surface area contributed by atoms with E-state index >= 15 is 0 Å². The molecule has 0 aromatic carbocycles. The molecule has 1 atom stereocenters. The molecule has 0 heterocycles. The largest absolute Gasteiger partial charge is 0.464 e. The zero-order chi connectivity index (χ0) is 12.3. The molecule has 2 aliphatic rings. The maximum atomic E-state index is 12.2. The van der Waals surface area contributed by atoms with Crippen molar-refractivity contribution in [2.45, 2.75) is 32.1 Å². The van der Waals surface area contributed by atoms with Crippen molar-refractivity contribution in [2.24, 2.45) is 5.41 Å². The fourth-order valence-electron chi connectivity index (χ4n) is 2.77. The number of rotatable bonds is 4. The van der Waals surface area contributed by atoms with Crippen molar-refractivity contribution in [3.8, 4) is 0 Å². The summed E-state index contributed by atoms with van der Waals surface area (Å²) in [6, 6.07) is 0. The van der Waals surface area contributed by atoms with E-state index in [1.54, 1.807) is 17.8 Å². The predicted octanol–water partition coefficient (Wildman–Crippen LogP) is 2.35. The van der Waals surface area contributed by atoms with Gasteiger partial charge in [-0.05, 0) is 43.6 Å². The van der Waals surface area contributed by atoms with Gasteiger partial charge >= 0.3 is 5.97 Å². The molecule has 0 radical (unpaired) electrons. The highest BCUT2D eigenvalue weighted by atomic mass is 32.2. The van der Waals surface area contributed by atoms with E-state index in [0.717, 1.165) is 30.6 Å². The Kier molecular flexibility index (Phi) is 3.92. The van der Waals surface area contributed by atoms with Gasteiger partial charge in [-0.15, -0.1) is 0 Å². The Bertz CT molecular complexity index is 362. The number of hydrogen-bond donors (Lipinski definition) is 0. The maximum Gasteiger partial charge on any atom is 0.316 e. The first-order valence-corrected chi connectivity index (χ1v) is 7.48. The third-order valence-electron chi connectivity index (χ3n) is 3.71. The summed E-state index contributed by atoms with van der Waals surface area (Å²) in [5.74, 6) is 0.886. The van der Waals surface area contributed by atoms with E-state index < -0.39 is 5.41 Å². The van der Waals surface area contributed by atoms with Crippen LogP contribution in [0.3, 0.4) is 0 Å². The number of thioether (sulfide) groups is 1. The first-order valence-electron chi connectivity index (χ1n) is 6.09. The molecule has 0 aromatic heterocycles. The van der Waals surface area contributed by atoms with Crippen LogP contribution in [-0.4, -0.2) is 30.4 Å². The lowest BCUT2D eigenvalue weighted by molar-refractivity contribution is -0.153. The lowest BCUT2D eigenvalue weighted by Gasteiger charge is -2.30. The Morgan fingerprint density at radius 3 is 3.06 bits per heavy atom. The standard InChI is InChI=1S/C13H18O3S/c1-17-8-7-16-12(15)13-5-2-3-10(13)9-11(14)4-6-13/h9H,2-8H2,1H3. The summed E-state index contributed by atoms with van der Waals surface area (Å²) in [4.78, 5) is 23.6. The molecule has 17 heavy (non-hydrogen) atoms. The minimum absolute atomic E-state index is 0.109. The Labute approximate surface area is 106 Å². The van der Waals surface area contributed by atoms with Crippen molar-refractivity contribution in [3.63, 3.8) is 0 Å². The van der Waals surface area contributed by atoms with Crippen molar-refractivity contribution in [1.29, 1.82) is 0 Å². The second-order valence-electron chi connectivity index (χ2n) is 4.70. The second-order valence-corrected chi connectivity index (χ2v) is 5.69. The highest BCUT2D eigenvalue weighted by Crippen LogP contribution is 2.49. The highest BCUT2D eigenvalue weighted by Gasteiger charge is 2.48. The number of esters is 1. The predicted molar refractivity (Wildman–Crippen MR) is 67.9 cm³/mol. The van der Waals surface area contributed by atoms with Crippen molar-refractivity contribution in [1.82, 2.24) is 0 Å². The summed E-state index contributed by atoms with van der Waals surface area (Å²) >= 11 is 1.67. The Balaban J connectivity index is 2.09. The van der Waals surface area contributed by atoms with E-state index in [4.69, 9.17) is 4.74 Å². The van der Waals surface area contributed by atoms with Gasteiger partial charge in [0.2, 0.25) is 0 Å². The number of ether oxygens (including phenoxy) is 1. The van der Waals surface area contributed by atoms with Crippen molar-refractivity contribution in [2.75, 3.05) is 18.6 Å². The van der Waals surface area contributed by atoms with Crippen LogP contribution in [0.1, 0.15) is 32.1 Å². The zero-order valence-corrected chi connectivity index (χ0v) is 11.0. The molecule has 94 valence electrons. The molecule has 0 N–H and O–H groups in total. The summed E-state index contributed by atoms with van der Waals surface area (Å²) in [5.41, 5.74) is 0.565. The molecule has 4 heteroatoms. The van der Waals surface area contributed by atoms with Crippen LogP contribution in [0.15, 0.2) is 11.6 Å². The summed E-state index contributed by atoms with van der Waals surface area (Å²) in [6.45, 7) is 0.475. The van der Waals surface area contributed by atoms with E-state index in [1.807, 2.05) is 6.26 Å². The first-order chi connectivity index (χ1) is 8.19. The lowest BCUT2D eigenvalue weighted by atomic mass is 9.74. The Hall–Kier alpha value is -0.770. The molecule has 1 saturated carbocycles. The minimum Gasteiger partial charge on any atom is -0.464 e. The van der Waals surface area contributed by atoms with Gasteiger partial charge in [-0.1, -0.05) is 0 Å². The van der Waals surface area contributed by atoms with Gasteiger partial charge in [-0.2, -0.15) is 11.8 Å². The number of hydrogen-bond acceptors (Lipinski definition) is 4. The molecule has 0 saturated heterocycles. The number of fused-ring (bicyclic) bond motifs is 1. The molecule has 2 aliphatic carbocycles.